The first-order chi connectivity index (χ1) is 5.47. The van der Waals surface area contributed by atoms with E-state index in [9.17, 15) is 17.3 Å². The molecule has 0 aliphatic heterocycles. The van der Waals surface area contributed by atoms with Crippen molar-refractivity contribution in [2.45, 2.75) is 6.32 Å². The third-order valence-electron chi connectivity index (χ3n) is 1.38. The number of halogens is 4. The van der Waals surface area contributed by atoms with E-state index in [2.05, 4.69) is 0 Å². The minimum atomic E-state index is -4.82. The summed E-state index contributed by atoms with van der Waals surface area (Å²) in [6.07, 6.45) is -0.944. The smallest absolute Gasteiger partial charge is 0.449 e. The van der Waals surface area contributed by atoms with Gasteiger partial charge in [0.1, 0.15) is 5.82 Å². The number of hydrogen-bond acceptors (Lipinski definition) is 0. The first-order valence-corrected chi connectivity index (χ1v) is 3.43. The summed E-state index contributed by atoms with van der Waals surface area (Å²) >= 11 is 0. The third-order valence-corrected chi connectivity index (χ3v) is 1.38. The van der Waals surface area contributed by atoms with Crippen molar-refractivity contribution in [1.29, 1.82) is 0 Å². The van der Waals surface area contributed by atoms with Gasteiger partial charge >= 0.3 is 58.4 Å². The van der Waals surface area contributed by atoms with Gasteiger partial charge in [-0.1, -0.05) is 24.0 Å². The van der Waals surface area contributed by atoms with Gasteiger partial charge in [-0.3, -0.25) is 0 Å². The van der Waals surface area contributed by atoms with Crippen molar-refractivity contribution in [3.8, 4) is 0 Å². The van der Waals surface area contributed by atoms with Crippen LogP contribution in [0.4, 0.5) is 17.3 Å². The molecule has 6 heteroatoms. The Bertz CT molecular complexity index is 256. The third kappa shape index (κ3) is 5.85. The van der Waals surface area contributed by atoms with Gasteiger partial charge in [0.05, 0.1) is 0 Å². The molecule has 0 unspecified atom stereocenters. The van der Waals surface area contributed by atoms with Gasteiger partial charge in [-0.25, -0.2) is 4.39 Å². The zero-order valence-electron chi connectivity index (χ0n) is 7.11. The van der Waals surface area contributed by atoms with Crippen molar-refractivity contribution in [1.82, 2.24) is 0 Å². The van der Waals surface area contributed by atoms with Crippen LogP contribution in [0.1, 0.15) is 5.56 Å². The largest absolute Gasteiger partial charge is 1.00 e. The normalized spacial score (nSPS) is 10.8. The first kappa shape index (κ1) is 13.6. The molecule has 1 aromatic rings. The summed E-state index contributed by atoms with van der Waals surface area (Å²) in [5.41, 5.74) is 0.101. The summed E-state index contributed by atoms with van der Waals surface area (Å²) < 4.78 is 47.7. The van der Waals surface area contributed by atoms with Gasteiger partial charge in [0, 0.05) is 0 Å². The molecule has 0 bridgehead atoms. The molecule has 0 saturated heterocycles. The maximum Gasteiger partial charge on any atom is 1.00 e. The van der Waals surface area contributed by atoms with Gasteiger partial charge in [0.15, 0.2) is 0 Å². The molecular formula is C7H6BF4K. The van der Waals surface area contributed by atoms with Crippen LogP contribution in [0.2, 0.25) is 0 Å². The molecule has 0 nitrogen and oxygen atoms in total. The van der Waals surface area contributed by atoms with E-state index in [0.29, 0.717) is 0 Å². The van der Waals surface area contributed by atoms with Crippen molar-refractivity contribution < 1.29 is 68.7 Å². The standard InChI is InChI=1S/C7H6BF4.K/c9-7-3-1-6(2-4-7)5-8(10,11)12;/h1-4H,5H2;/q-1;+1. The Morgan fingerprint density at radius 2 is 1.46 bits per heavy atom. The molecule has 0 spiro atoms. The van der Waals surface area contributed by atoms with Crippen molar-refractivity contribution in [2.75, 3.05) is 0 Å². The Labute approximate surface area is 116 Å². The molecule has 0 N–H and O–H groups in total. The maximum absolute atomic E-state index is 12.2. The minimum absolute atomic E-state index is 0. The Hall–Kier alpha value is 0.641. The van der Waals surface area contributed by atoms with Gasteiger partial charge < -0.3 is 12.9 Å². The Morgan fingerprint density at radius 1 is 1.00 bits per heavy atom. The summed E-state index contributed by atoms with van der Waals surface area (Å²) in [6, 6.07) is 4.34. The molecular weight excluding hydrogens is 210 g/mol. The molecule has 1 rings (SSSR count). The fourth-order valence-electron chi connectivity index (χ4n) is 0.888. The average molecular weight is 216 g/mol. The van der Waals surface area contributed by atoms with E-state index >= 15 is 0 Å². The molecule has 0 saturated carbocycles. The molecule has 0 amide bonds. The molecule has 1 aromatic carbocycles. The molecule has 13 heavy (non-hydrogen) atoms. The molecule has 0 radical (unpaired) electrons. The zero-order valence-corrected chi connectivity index (χ0v) is 10.2. The Balaban J connectivity index is 0.00000144. The molecule has 0 aliphatic carbocycles. The number of rotatable bonds is 2. The molecule has 66 valence electrons. The SMILES string of the molecule is Fc1ccc(C[B-](F)(F)F)cc1.[K+]. The zero-order chi connectivity index (χ0) is 9.19. The Kier molecular flexibility index (Phi) is 5.78. The summed E-state index contributed by atoms with van der Waals surface area (Å²) in [5.74, 6) is -0.520. The second-order valence-corrected chi connectivity index (χ2v) is 2.54. The summed E-state index contributed by atoms with van der Waals surface area (Å²) in [7, 11) is 0. The molecule has 0 aromatic heterocycles. The topological polar surface area (TPSA) is 0 Å². The quantitative estimate of drug-likeness (QED) is 0.472. The van der Waals surface area contributed by atoms with E-state index in [1.165, 1.54) is 0 Å². The maximum atomic E-state index is 12.2. The van der Waals surface area contributed by atoms with Gasteiger partial charge in [-0.2, -0.15) is 0 Å². The van der Waals surface area contributed by atoms with Gasteiger partial charge in [0.25, 0.3) is 0 Å². The fraction of sp³-hybridized carbons (Fsp3) is 0.143. The van der Waals surface area contributed by atoms with Crippen LogP contribution >= 0.6 is 0 Å². The monoisotopic (exact) mass is 216 g/mol. The van der Waals surface area contributed by atoms with E-state index in [0.717, 1.165) is 24.3 Å². The van der Waals surface area contributed by atoms with Crippen LogP contribution in [0.5, 0.6) is 0 Å². The minimum Gasteiger partial charge on any atom is -0.449 e. The van der Waals surface area contributed by atoms with Gasteiger partial charge in [-0.15, -0.1) is 0 Å². The summed E-state index contributed by atoms with van der Waals surface area (Å²) in [6.45, 7) is -4.82. The number of hydrogen-bond donors (Lipinski definition) is 0. The molecule has 0 heterocycles. The average Bonchev–Trinajstić information content (AvgIpc) is 1.91. The van der Waals surface area contributed by atoms with E-state index in [-0.39, 0.29) is 56.9 Å². The summed E-state index contributed by atoms with van der Waals surface area (Å²) in [5, 5.41) is 0. The van der Waals surface area contributed by atoms with E-state index in [1.807, 2.05) is 0 Å². The fourth-order valence-corrected chi connectivity index (χ4v) is 0.888. The molecule has 0 fully saturated rings. The van der Waals surface area contributed by atoms with Crippen molar-refractivity contribution >= 4 is 6.98 Å². The predicted molar refractivity (Wildman–Crippen MR) is 39.2 cm³/mol. The van der Waals surface area contributed by atoms with Crippen LogP contribution in [-0.2, 0) is 6.32 Å². The van der Waals surface area contributed by atoms with Crippen LogP contribution in [-0.4, -0.2) is 6.98 Å². The van der Waals surface area contributed by atoms with E-state index in [4.69, 9.17) is 0 Å². The van der Waals surface area contributed by atoms with Crippen LogP contribution in [0.15, 0.2) is 24.3 Å². The van der Waals surface area contributed by atoms with Crippen LogP contribution in [0.25, 0.3) is 0 Å². The van der Waals surface area contributed by atoms with Crippen molar-refractivity contribution in [3.63, 3.8) is 0 Å². The van der Waals surface area contributed by atoms with E-state index in [1.54, 1.807) is 0 Å². The predicted octanol–water partition coefficient (Wildman–Crippen LogP) is -0.241. The van der Waals surface area contributed by atoms with Crippen LogP contribution in [0.3, 0.4) is 0 Å². The van der Waals surface area contributed by atoms with Crippen molar-refractivity contribution in [3.05, 3.63) is 35.6 Å². The number of benzene rings is 1. The van der Waals surface area contributed by atoms with Crippen LogP contribution in [0, 0.1) is 5.82 Å². The summed E-state index contributed by atoms with van der Waals surface area (Å²) in [4.78, 5) is 0. The Morgan fingerprint density at radius 3 is 1.85 bits per heavy atom. The second-order valence-electron chi connectivity index (χ2n) is 2.54. The van der Waals surface area contributed by atoms with Gasteiger partial charge in [-0.05, 0) is 12.1 Å². The van der Waals surface area contributed by atoms with E-state index < -0.39 is 19.1 Å². The van der Waals surface area contributed by atoms with Crippen LogP contribution < -0.4 is 51.4 Å². The first-order valence-electron chi connectivity index (χ1n) is 3.43. The van der Waals surface area contributed by atoms with Crippen molar-refractivity contribution in [2.24, 2.45) is 0 Å². The molecule has 0 aliphatic rings. The van der Waals surface area contributed by atoms with Gasteiger partial charge in [0.2, 0.25) is 0 Å². The second kappa shape index (κ2) is 5.50. The molecule has 0 atom stereocenters.